The number of nitrogens with one attached hydrogen (secondary N) is 1. The van der Waals surface area contributed by atoms with E-state index in [1.165, 1.54) is 0 Å². The number of carbonyl (C=O) groups excluding carboxylic acids is 2. The maximum Gasteiger partial charge on any atom is 0.338 e. The van der Waals surface area contributed by atoms with E-state index < -0.39 is 0 Å². The van der Waals surface area contributed by atoms with Gasteiger partial charge in [-0.1, -0.05) is 49.4 Å². The van der Waals surface area contributed by atoms with Gasteiger partial charge in [0.15, 0.2) is 6.61 Å². The Morgan fingerprint density at radius 2 is 1.75 bits per heavy atom. The zero-order valence-corrected chi connectivity index (χ0v) is 17.2. The van der Waals surface area contributed by atoms with Crippen LogP contribution in [0.1, 0.15) is 43.0 Å². The molecule has 0 saturated carbocycles. The van der Waals surface area contributed by atoms with Gasteiger partial charge in [0.1, 0.15) is 5.75 Å². The molecule has 0 aromatic heterocycles. The maximum absolute atomic E-state index is 12.0. The monoisotopic (exact) mass is 423 g/mol. The van der Waals surface area contributed by atoms with Crippen molar-refractivity contribution in [1.82, 2.24) is 0 Å². The Bertz CT molecular complexity index is 793. The van der Waals surface area contributed by atoms with Crippen LogP contribution in [0.25, 0.3) is 0 Å². The summed E-state index contributed by atoms with van der Waals surface area (Å²) < 4.78 is 10.6. The van der Waals surface area contributed by atoms with Crippen LogP contribution >= 0.6 is 23.2 Å². The van der Waals surface area contributed by atoms with Crippen LogP contribution in [0.5, 0.6) is 5.75 Å². The van der Waals surface area contributed by atoms with Crippen molar-refractivity contribution in [1.29, 1.82) is 0 Å². The third-order valence-corrected chi connectivity index (χ3v) is 4.43. The second-order valence-corrected chi connectivity index (χ2v) is 7.03. The Morgan fingerprint density at radius 3 is 2.46 bits per heavy atom. The fourth-order valence-electron chi connectivity index (χ4n) is 2.39. The molecule has 28 heavy (non-hydrogen) atoms. The number of carbonyl (C=O) groups is 2. The molecular formula is C21H23Cl2NO4. The predicted molar refractivity (Wildman–Crippen MR) is 111 cm³/mol. The normalized spacial score (nSPS) is 10.4. The molecule has 0 aliphatic rings. The number of esters is 1. The molecule has 0 spiro atoms. The predicted octanol–water partition coefficient (Wildman–Crippen LogP) is 5.75. The quantitative estimate of drug-likeness (QED) is 0.390. The lowest BCUT2D eigenvalue weighted by Gasteiger charge is -2.10. The Labute approximate surface area is 174 Å². The van der Waals surface area contributed by atoms with E-state index in [0.29, 0.717) is 33.7 Å². The van der Waals surface area contributed by atoms with Crippen LogP contribution in [0.15, 0.2) is 42.5 Å². The average molecular weight is 424 g/mol. The number of benzene rings is 2. The number of hydrogen-bond donors (Lipinski definition) is 1. The number of anilines is 1. The highest BCUT2D eigenvalue weighted by molar-refractivity contribution is 6.34. The van der Waals surface area contributed by atoms with Crippen molar-refractivity contribution in [2.24, 2.45) is 0 Å². The molecule has 7 heteroatoms. The first-order valence-corrected chi connectivity index (χ1v) is 9.90. The van der Waals surface area contributed by atoms with Crippen LogP contribution in [0.3, 0.4) is 0 Å². The van der Waals surface area contributed by atoms with Crippen LogP contribution in [-0.2, 0) is 9.53 Å². The molecular weight excluding hydrogens is 401 g/mol. The Hall–Kier alpha value is -2.24. The van der Waals surface area contributed by atoms with E-state index in [9.17, 15) is 9.59 Å². The molecule has 2 rings (SSSR count). The smallest absolute Gasteiger partial charge is 0.338 e. The van der Waals surface area contributed by atoms with Crippen molar-refractivity contribution in [3.63, 3.8) is 0 Å². The number of ether oxygens (including phenoxy) is 2. The summed E-state index contributed by atoms with van der Waals surface area (Å²) in [5.74, 6) is -0.392. The van der Waals surface area contributed by atoms with Crippen molar-refractivity contribution in [2.45, 2.75) is 32.6 Å². The molecule has 0 heterocycles. The third kappa shape index (κ3) is 7.41. The van der Waals surface area contributed by atoms with Crippen molar-refractivity contribution in [2.75, 3.05) is 18.5 Å². The minimum absolute atomic E-state index is 0.221. The van der Waals surface area contributed by atoms with Crippen molar-refractivity contribution >= 4 is 40.8 Å². The first-order chi connectivity index (χ1) is 13.5. The molecule has 2 aromatic carbocycles. The topological polar surface area (TPSA) is 64.6 Å². The van der Waals surface area contributed by atoms with Crippen LogP contribution < -0.4 is 10.1 Å². The molecule has 0 aliphatic carbocycles. The van der Waals surface area contributed by atoms with E-state index >= 15 is 0 Å². The fraction of sp³-hybridized carbons (Fsp3) is 0.333. The molecule has 0 atom stereocenters. The summed E-state index contributed by atoms with van der Waals surface area (Å²) in [7, 11) is 0. The molecule has 0 saturated heterocycles. The van der Waals surface area contributed by atoms with Crippen LogP contribution in [0.4, 0.5) is 5.69 Å². The zero-order valence-electron chi connectivity index (χ0n) is 15.7. The highest BCUT2D eigenvalue weighted by Gasteiger charge is 2.09. The molecule has 150 valence electrons. The summed E-state index contributed by atoms with van der Waals surface area (Å²) >= 11 is 11.9. The van der Waals surface area contributed by atoms with E-state index in [-0.39, 0.29) is 18.5 Å². The Balaban J connectivity index is 1.78. The first kappa shape index (κ1) is 22.1. The summed E-state index contributed by atoms with van der Waals surface area (Å²) in [6.07, 6.45) is 4.19. The summed E-state index contributed by atoms with van der Waals surface area (Å²) in [6.45, 7) is 2.33. The van der Waals surface area contributed by atoms with Gasteiger partial charge in [0.2, 0.25) is 0 Å². The molecule has 5 nitrogen and oxygen atoms in total. The maximum atomic E-state index is 12.0. The van der Waals surface area contributed by atoms with Gasteiger partial charge in [0, 0.05) is 16.8 Å². The van der Waals surface area contributed by atoms with Gasteiger partial charge < -0.3 is 14.8 Å². The molecule has 1 amide bonds. The van der Waals surface area contributed by atoms with E-state index in [1.54, 1.807) is 42.5 Å². The molecule has 0 aliphatic heterocycles. The number of rotatable bonds is 10. The van der Waals surface area contributed by atoms with E-state index in [2.05, 4.69) is 12.2 Å². The Kier molecular flexibility index (Phi) is 9.11. The zero-order chi connectivity index (χ0) is 20.4. The van der Waals surface area contributed by atoms with Crippen molar-refractivity contribution < 1.29 is 19.1 Å². The lowest BCUT2D eigenvalue weighted by molar-refractivity contribution is -0.118. The highest BCUT2D eigenvalue weighted by Crippen LogP contribution is 2.27. The number of amides is 1. The van der Waals surface area contributed by atoms with Gasteiger partial charge >= 0.3 is 5.97 Å². The Morgan fingerprint density at radius 1 is 1.00 bits per heavy atom. The second kappa shape index (κ2) is 11.6. The fourth-order valence-corrected chi connectivity index (χ4v) is 2.73. The van der Waals surface area contributed by atoms with Crippen LogP contribution in [0.2, 0.25) is 10.0 Å². The van der Waals surface area contributed by atoms with Crippen molar-refractivity contribution in [3.8, 4) is 5.75 Å². The highest BCUT2D eigenvalue weighted by atomic mass is 35.5. The van der Waals surface area contributed by atoms with Gasteiger partial charge in [-0.25, -0.2) is 4.79 Å². The lowest BCUT2D eigenvalue weighted by atomic mass is 10.2. The number of hydrogen-bond acceptors (Lipinski definition) is 4. The van der Waals surface area contributed by atoms with Gasteiger partial charge in [-0.15, -0.1) is 0 Å². The number of unbranched alkanes of at least 4 members (excludes halogenated alkanes) is 3. The van der Waals surface area contributed by atoms with Gasteiger partial charge in [-0.05, 0) is 42.8 Å². The van der Waals surface area contributed by atoms with Gasteiger partial charge in [-0.2, -0.15) is 0 Å². The largest absolute Gasteiger partial charge is 0.482 e. The SMILES string of the molecule is CCCCCCOC(=O)c1ccc(NC(=O)COc2cc(Cl)ccc2Cl)cc1. The van der Waals surface area contributed by atoms with Gasteiger partial charge in [0.05, 0.1) is 17.2 Å². The van der Waals surface area contributed by atoms with E-state index in [0.717, 1.165) is 25.7 Å². The molecule has 0 bridgehead atoms. The first-order valence-electron chi connectivity index (χ1n) is 9.14. The van der Waals surface area contributed by atoms with Crippen LogP contribution in [0, 0.1) is 0 Å². The second-order valence-electron chi connectivity index (χ2n) is 6.19. The lowest BCUT2D eigenvalue weighted by Crippen LogP contribution is -2.20. The number of halogens is 2. The molecule has 0 fully saturated rings. The van der Waals surface area contributed by atoms with E-state index in [4.69, 9.17) is 32.7 Å². The summed E-state index contributed by atoms with van der Waals surface area (Å²) in [6, 6.07) is 11.3. The minimum Gasteiger partial charge on any atom is -0.482 e. The average Bonchev–Trinajstić information content (AvgIpc) is 2.69. The standard InChI is InChI=1S/C21H23Cl2NO4/c1-2-3-4-5-12-27-21(26)15-6-9-17(10-7-15)24-20(25)14-28-19-13-16(22)8-11-18(19)23/h6-11,13H,2-5,12,14H2,1H3,(H,24,25). The van der Waals surface area contributed by atoms with Crippen LogP contribution in [-0.4, -0.2) is 25.1 Å². The van der Waals surface area contributed by atoms with Crippen molar-refractivity contribution in [3.05, 3.63) is 58.1 Å². The molecule has 0 unspecified atom stereocenters. The summed E-state index contributed by atoms with van der Waals surface area (Å²) in [5, 5.41) is 3.52. The van der Waals surface area contributed by atoms with Gasteiger partial charge in [0.25, 0.3) is 5.91 Å². The molecule has 0 radical (unpaired) electrons. The minimum atomic E-state index is -0.367. The molecule has 2 aromatic rings. The summed E-state index contributed by atoms with van der Waals surface area (Å²) in [5.41, 5.74) is 0.987. The molecule has 1 N–H and O–H groups in total. The third-order valence-electron chi connectivity index (χ3n) is 3.89. The van der Waals surface area contributed by atoms with Gasteiger partial charge in [-0.3, -0.25) is 4.79 Å². The summed E-state index contributed by atoms with van der Waals surface area (Å²) in [4.78, 5) is 24.0. The van der Waals surface area contributed by atoms with E-state index in [1.807, 2.05) is 0 Å².